The minimum Gasteiger partial charge on any atom is -0.306 e. The van der Waals surface area contributed by atoms with Crippen LogP contribution in [0.4, 0.5) is 4.39 Å². The van der Waals surface area contributed by atoms with E-state index in [-0.39, 0.29) is 11.9 Å². The molecule has 0 fully saturated rings. The summed E-state index contributed by atoms with van der Waals surface area (Å²) in [6.07, 6.45) is 0.960. The van der Waals surface area contributed by atoms with Crippen LogP contribution in [0.3, 0.4) is 0 Å². The van der Waals surface area contributed by atoms with Gasteiger partial charge in [0.2, 0.25) is 0 Å². The Bertz CT molecular complexity index is 582. The summed E-state index contributed by atoms with van der Waals surface area (Å²) in [5.74, 6) is -0.283. The molecule has 2 aromatic carbocycles. The fourth-order valence-corrected chi connectivity index (χ4v) is 3.03. The van der Waals surface area contributed by atoms with Crippen LogP contribution in [0.15, 0.2) is 40.9 Å². The minimum atomic E-state index is -0.283. The van der Waals surface area contributed by atoms with Gasteiger partial charge >= 0.3 is 0 Å². The molecule has 2 rings (SSSR count). The summed E-state index contributed by atoms with van der Waals surface area (Å²) in [6, 6.07) is 9.72. The van der Waals surface area contributed by atoms with Crippen LogP contribution in [0, 0.1) is 5.82 Å². The smallest absolute Gasteiger partial charge is 0.123 e. The Balaban J connectivity index is 2.52. The molecule has 1 unspecified atom stereocenters. The third-order valence-corrected chi connectivity index (χ3v) is 4.44. The zero-order valence-electron chi connectivity index (χ0n) is 11.5. The van der Waals surface area contributed by atoms with E-state index in [1.807, 2.05) is 6.07 Å². The molecule has 112 valence electrons. The van der Waals surface area contributed by atoms with Gasteiger partial charge in [-0.15, -0.1) is 0 Å². The molecule has 1 N–H and O–H groups in total. The molecular formula is C16H15BrCl2FN. The van der Waals surface area contributed by atoms with E-state index in [9.17, 15) is 4.39 Å². The monoisotopic (exact) mass is 389 g/mol. The van der Waals surface area contributed by atoms with Gasteiger partial charge < -0.3 is 5.32 Å². The molecule has 0 saturated heterocycles. The number of rotatable bonds is 5. The van der Waals surface area contributed by atoms with Gasteiger partial charge in [0, 0.05) is 14.5 Å². The summed E-state index contributed by atoms with van der Waals surface area (Å²) in [5, 5.41) is 4.60. The Morgan fingerprint density at radius 2 is 1.90 bits per heavy atom. The molecule has 0 radical (unpaired) electrons. The predicted octanol–water partition coefficient (Wildman–Crippen LogP) is 5.98. The fraction of sp³-hybridized carbons (Fsp3) is 0.250. The lowest BCUT2D eigenvalue weighted by Gasteiger charge is -2.22. The van der Waals surface area contributed by atoms with Crippen molar-refractivity contribution in [3.63, 3.8) is 0 Å². The normalized spacial score (nSPS) is 12.4. The first-order valence-corrected chi connectivity index (χ1v) is 8.21. The van der Waals surface area contributed by atoms with Gasteiger partial charge in [0.15, 0.2) is 0 Å². The standard InChI is InChI=1S/C16H15BrCl2FN/c1-2-7-21-16(12-9-11(20)4-5-14(12)17)13-8-10(18)3-6-15(13)19/h3-6,8-9,16,21H,2,7H2,1H3. The average molecular weight is 391 g/mol. The lowest BCUT2D eigenvalue weighted by molar-refractivity contribution is 0.584. The van der Waals surface area contributed by atoms with Crippen LogP contribution in [0.25, 0.3) is 0 Å². The second-order valence-electron chi connectivity index (χ2n) is 4.72. The second-order valence-corrected chi connectivity index (χ2v) is 6.42. The van der Waals surface area contributed by atoms with Crippen LogP contribution in [0.1, 0.15) is 30.5 Å². The van der Waals surface area contributed by atoms with Gasteiger partial charge in [-0.3, -0.25) is 0 Å². The van der Waals surface area contributed by atoms with Crippen molar-refractivity contribution in [2.24, 2.45) is 0 Å². The molecule has 0 bridgehead atoms. The van der Waals surface area contributed by atoms with Gasteiger partial charge in [-0.1, -0.05) is 46.1 Å². The van der Waals surface area contributed by atoms with Crippen molar-refractivity contribution in [3.8, 4) is 0 Å². The van der Waals surface area contributed by atoms with Gasteiger partial charge in [0.25, 0.3) is 0 Å². The van der Waals surface area contributed by atoms with E-state index in [0.717, 1.165) is 28.6 Å². The van der Waals surface area contributed by atoms with Gasteiger partial charge in [-0.05, 0) is 60.5 Å². The molecule has 1 atom stereocenters. The maximum absolute atomic E-state index is 13.6. The SMILES string of the molecule is CCCNC(c1cc(Cl)ccc1Cl)c1cc(F)ccc1Br. The Morgan fingerprint density at radius 3 is 2.62 bits per heavy atom. The topological polar surface area (TPSA) is 12.0 Å². The first-order chi connectivity index (χ1) is 10.0. The lowest BCUT2D eigenvalue weighted by atomic mass is 9.98. The third-order valence-electron chi connectivity index (χ3n) is 3.14. The van der Waals surface area contributed by atoms with E-state index in [4.69, 9.17) is 23.2 Å². The van der Waals surface area contributed by atoms with E-state index in [0.29, 0.717) is 10.0 Å². The molecule has 0 amide bonds. The van der Waals surface area contributed by atoms with Crippen LogP contribution >= 0.6 is 39.1 Å². The van der Waals surface area contributed by atoms with E-state index >= 15 is 0 Å². The quantitative estimate of drug-likeness (QED) is 0.661. The molecule has 0 aliphatic heterocycles. The molecule has 21 heavy (non-hydrogen) atoms. The number of hydrogen-bond donors (Lipinski definition) is 1. The third kappa shape index (κ3) is 4.19. The summed E-state index contributed by atoms with van der Waals surface area (Å²) in [4.78, 5) is 0. The highest BCUT2D eigenvalue weighted by molar-refractivity contribution is 9.10. The highest BCUT2D eigenvalue weighted by atomic mass is 79.9. The Morgan fingerprint density at radius 1 is 1.14 bits per heavy atom. The van der Waals surface area contributed by atoms with Crippen molar-refractivity contribution >= 4 is 39.1 Å². The zero-order valence-corrected chi connectivity index (χ0v) is 14.6. The van der Waals surface area contributed by atoms with Gasteiger partial charge in [0.1, 0.15) is 5.82 Å². The van der Waals surface area contributed by atoms with Gasteiger partial charge in [0.05, 0.1) is 6.04 Å². The lowest BCUT2D eigenvalue weighted by Crippen LogP contribution is -2.24. The van der Waals surface area contributed by atoms with Crippen LogP contribution in [-0.2, 0) is 0 Å². The Kier molecular flexibility index (Phi) is 6.06. The second kappa shape index (κ2) is 7.59. The Hall–Kier alpha value is -0.610. The van der Waals surface area contributed by atoms with E-state index in [1.54, 1.807) is 18.2 Å². The van der Waals surface area contributed by atoms with Crippen LogP contribution < -0.4 is 5.32 Å². The molecule has 0 saturated carbocycles. The average Bonchev–Trinajstić information content (AvgIpc) is 2.46. The van der Waals surface area contributed by atoms with E-state index in [1.165, 1.54) is 12.1 Å². The molecule has 0 aliphatic rings. The maximum atomic E-state index is 13.6. The van der Waals surface area contributed by atoms with E-state index < -0.39 is 0 Å². The zero-order chi connectivity index (χ0) is 15.4. The number of benzene rings is 2. The summed E-state index contributed by atoms with van der Waals surface area (Å²) in [6.45, 7) is 2.86. The van der Waals surface area contributed by atoms with Gasteiger partial charge in [-0.25, -0.2) is 4.39 Å². The van der Waals surface area contributed by atoms with Crippen molar-refractivity contribution in [1.29, 1.82) is 0 Å². The maximum Gasteiger partial charge on any atom is 0.123 e. The van der Waals surface area contributed by atoms with E-state index in [2.05, 4.69) is 28.2 Å². The van der Waals surface area contributed by atoms with Crippen molar-refractivity contribution < 1.29 is 4.39 Å². The summed E-state index contributed by atoms with van der Waals surface area (Å²) < 4.78 is 14.4. The summed E-state index contributed by atoms with van der Waals surface area (Å²) in [5.41, 5.74) is 1.64. The molecule has 0 aromatic heterocycles. The molecule has 1 nitrogen and oxygen atoms in total. The molecule has 5 heteroatoms. The van der Waals surface area contributed by atoms with Crippen molar-refractivity contribution in [3.05, 3.63) is 67.9 Å². The van der Waals surface area contributed by atoms with Crippen LogP contribution in [0.5, 0.6) is 0 Å². The largest absolute Gasteiger partial charge is 0.306 e. The fourth-order valence-electron chi connectivity index (χ4n) is 2.15. The van der Waals surface area contributed by atoms with Crippen molar-refractivity contribution in [2.75, 3.05) is 6.54 Å². The minimum absolute atomic E-state index is 0.221. The molecule has 0 heterocycles. The number of hydrogen-bond acceptors (Lipinski definition) is 1. The highest BCUT2D eigenvalue weighted by Crippen LogP contribution is 2.34. The van der Waals surface area contributed by atoms with Crippen molar-refractivity contribution in [2.45, 2.75) is 19.4 Å². The number of nitrogens with one attached hydrogen (secondary N) is 1. The predicted molar refractivity (Wildman–Crippen MR) is 90.7 cm³/mol. The summed E-state index contributed by atoms with van der Waals surface area (Å²) in [7, 11) is 0. The molecule has 2 aromatic rings. The van der Waals surface area contributed by atoms with Crippen LogP contribution in [0.2, 0.25) is 10.0 Å². The summed E-state index contributed by atoms with van der Waals surface area (Å²) >= 11 is 15.9. The first-order valence-electron chi connectivity index (χ1n) is 6.66. The highest BCUT2D eigenvalue weighted by Gasteiger charge is 2.20. The molecule has 0 spiro atoms. The van der Waals surface area contributed by atoms with Gasteiger partial charge in [-0.2, -0.15) is 0 Å². The van der Waals surface area contributed by atoms with Crippen molar-refractivity contribution in [1.82, 2.24) is 5.32 Å². The molecular weight excluding hydrogens is 376 g/mol. The Labute approximate surface area is 142 Å². The molecule has 0 aliphatic carbocycles. The van der Waals surface area contributed by atoms with Crippen LogP contribution in [-0.4, -0.2) is 6.54 Å². The first kappa shape index (κ1) is 16.8. The number of halogens is 4.